The van der Waals surface area contributed by atoms with Crippen LogP contribution >= 0.6 is 11.8 Å². The van der Waals surface area contributed by atoms with E-state index in [9.17, 15) is 14.0 Å². The van der Waals surface area contributed by atoms with Crippen LogP contribution in [0.2, 0.25) is 0 Å². The normalized spacial score (nSPS) is 13.1. The molecule has 2 aromatic heterocycles. The second-order valence-electron chi connectivity index (χ2n) is 7.31. The first-order chi connectivity index (χ1) is 15.5. The van der Waals surface area contributed by atoms with Crippen LogP contribution in [0.25, 0.3) is 5.65 Å². The molecule has 1 aliphatic rings. The van der Waals surface area contributed by atoms with Crippen LogP contribution in [0.4, 0.5) is 10.1 Å². The van der Waals surface area contributed by atoms with Gasteiger partial charge in [0.1, 0.15) is 29.7 Å². The molecular formula is C22H18FN5O3S. The molecule has 0 N–H and O–H groups in total. The fourth-order valence-electron chi connectivity index (χ4n) is 3.50. The monoisotopic (exact) mass is 451 g/mol. The lowest BCUT2D eigenvalue weighted by Gasteiger charge is -2.29. The van der Waals surface area contributed by atoms with E-state index in [0.29, 0.717) is 40.2 Å². The highest BCUT2D eigenvalue weighted by Gasteiger charge is 2.25. The second-order valence-corrected chi connectivity index (χ2v) is 8.40. The molecule has 3 heterocycles. The summed E-state index contributed by atoms with van der Waals surface area (Å²) in [6.07, 6.45) is 0. The van der Waals surface area contributed by atoms with Gasteiger partial charge in [-0.2, -0.15) is 9.61 Å². The quantitative estimate of drug-likeness (QED) is 0.475. The molecule has 0 fully saturated rings. The van der Waals surface area contributed by atoms with Crippen molar-refractivity contribution in [2.75, 3.05) is 18.1 Å². The summed E-state index contributed by atoms with van der Waals surface area (Å²) < 4.78 is 21.3. The predicted molar refractivity (Wildman–Crippen MR) is 117 cm³/mol. The number of benzene rings is 2. The number of rotatable bonds is 4. The third-order valence-electron chi connectivity index (χ3n) is 5.00. The van der Waals surface area contributed by atoms with Crippen molar-refractivity contribution in [3.05, 3.63) is 76.5 Å². The smallest absolute Gasteiger partial charge is 0.367 e. The van der Waals surface area contributed by atoms with Gasteiger partial charge in [-0.15, -0.1) is 5.10 Å². The molecule has 0 saturated carbocycles. The van der Waals surface area contributed by atoms with Gasteiger partial charge in [0.15, 0.2) is 5.65 Å². The van der Waals surface area contributed by atoms with Crippen LogP contribution in [0.3, 0.4) is 0 Å². The molecule has 0 saturated heterocycles. The van der Waals surface area contributed by atoms with Crippen LogP contribution in [0, 0.1) is 12.7 Å². The average molecular weight is 451 g/mol. The Labute approximate surface area is 186 Å². The van der Waals surface area contributed by atoms with Gasteiger partial charge < -0.3 is 9.64 Å². The minimum atomic E-state index is -0.521. The lowest BCUT2D eigenvalue weighted by molar-refractivity contribution is -0.119. The van der Waals surface area contributed by atoms with Gasteiger partial charge in [0.25, 0.3) is 0 Å². The minimum absolute atomic E-state index is 0.220. The summed E-state index contributed by atoms with van der Waals surface area (Å²) in [5.74, 6) is 0.0257. The van der Waals surface area contributed by atoms with E-state index >= 15 is 0 Å². The molecule has 5 rings (SSSR count). The van der Waals surface area contributed by atoms with Crippen molar-refractivity contribution in [2.24, 2.45) is 0 Å². The Bertz CT molecular complexity index is 1400. The molecular weight excluding hydrogens is 433 g/mol. The van der Waals surface area contributed by atoms with Crippen molar-refractivity contribution >= 4 is 29.0 Å². The van der Waals surface area contributed by atoms with Gasteiger partial charge in [0, 0.05) is 4.90 Å². The number of hydrogen-bond acceptors (Lipinski definition) is 6. The molecule has 0 aliphatic carbocycles. The van der Waals surface area contributed by atoms with Crippen molar-refractivity contribution in [3.8, 4) is 5.75 Å². The summed E-state index contributed by atoms with van der Waals surface area (Å²) >= 11 is 1.23. The number of aromatic nitrogens is 4. The topological polar surface area (TPSA) is 81.7 Å². The van der Waals surface area contributed by atoms with Crippen molar-refractivity contribution in [2.45, 2.75) is 23.4 Å². The molecule has 0 bridgehead atoms. The molecule has 32 heavy (non-hydrogen) atoms. The van der Waals surface area contributed by atoms with Crippen LogP contribution in [0.5, 0.6) is 5.75 Å². The van der Waals surface area contributed by atoms with E-state index in [1.54, 1.807) is 29.2 Å². The number of carbonyl (C=O) groups excluding carboxylic acids is 1. The largest absolute Gasteiger partial charge is 0.490 e. The predicted octanol–water partition coefficient (Wildman–Crippen LogP) is 2.92. The van der Waals surface area contributed by atoms with Crippen molar-refractivity contribution in [1.82, 2.24) is 19.4 Å². The molecule has 2 aromatic carbocycles. The maximum Gasteiger partial charge on any atom is 0.367 e. The first-order valence-electron chi connectivity index (χ1n) is 9.92. The highest BCUT2D eigenvalue weighted by Crippen LogP contribution is 2.32. The summed E-state index contributed by atoms with van der Waals surface area (Å²) in [5.41, 5.74) is 1.49. The minimum Gasteiger partial charge on any atom is -0.490 e. The van der Waals surface area contributed by atoms with Crippen molar-refractivity contribution in [1.29, 1.82) is 0 Å². The van der Waals surface area contributed by atoms with Gasteiger partial charge in [0.2, 0.25) is 5.91 Å². The number of nitrogens with zero attached hydrogens (tertiary/aromatic N) is 5. The number of amides is 1. The molecule has 8 nitrogen and oxygen atoms in total. The first kappa shape index (κ1) is 20.3. The number of ether oxygens (including phenoxy) is 1. The van der Waals surface area contributed by atoms with Crippen LogP contribution in [0.15, 0.2) is 69.3 Å². The zero-order chi connectivity index (χ0) is 22.2. The Morgan fingerprint density at radius 1 is 1.16 bits per heavy atom. The van der Waals surface area contributed by atoms with Gasteiger partial charge in [-0.25, -0.2) is 13.9 Å². The molecule has 0 atom stereocenters. The third kappa shape index (κ3) is 3.84. The van der Waals surface area contributed by atoms with E-state index in [1.807, 2.05) is 25.1 Å². The molecule has 1 amide bonds. The van der Waals surface area contributed by atoms with Crippen LogP contribution in [-0.4, -0.2) is 38.5 Å². The number of halogens is 1. The molecule has 0 radical (unpaired) electrons. The van der Waals surface area contributed by atoms with Crippen LogP contribution in [-0.2, 0) is 11.3 Å². The van der Waals surface area contributed by atoms with Crippen molar-refractivity contribution < 1.29 is 13.9 Å². The SMILES string of the molecule is Cc1ccc2c(c1)N(C(=O)Cn1nc3ccc(Sc4cccc(F)c4)nn3c1=O)CCO2. The highest BCUT2D eigenvalue weighted by molar-refractivity contribution is 7.99. The van der Waals surface area contributed by atoms with E-state index in [0.717, 1.165) is 14.8 Å². The van der Waals surface area contributed by atoms with E-state index in [2.05, 4.69) is 10.2 Å². The molecule has 1 aliphatic heterocycles. The Morgan fingerprint density at radius 3 is 2.88 bits per heavy atom. The number of aryl methyl sites for hydroxylation is 1. The first-order valence-corrected chi connectivity index (χ1v) is 10.7. The molecule has 4 aromatic rings. The Kier molecular flexibility index (Phi) is 5.14. The third-order valence-corrected chi connectivity index (χ3v) is 5.91. The summed E-state index contributed by atoms with van der Waals surface area (Å²) in [4.78, 5) is 28.1. The molecule has 0 spiro atoms. The standard InChI is InChI=1S/C22H18FN5O3S/c1-14-5-6-18-17(11-14)26(9-10-31-18)21(29)13-27-22(30)28-19(24-27)7-8-20(25-28)32-16-4-2-3-15(23)12-16/h2-8,11-12H,9-10,13H2,1H3. The number of fused-ring (bicyclic) bond motifs is 2. The van der Waals surface area contributed by atoms with Crippen molar-refractivity contribution in [3.63, 3.8) is 0 Å². The Morgan fingerprint density at radius 2 is 2.03 bits per heavy atom. The highest BCUT2D eigenvalue weighted by atomic mass is 32.2. The Hall–Kier alpha value is -3.66. The fourth-order valence-corrected chi connectivity index (χ4v) is 4.32. The van der Waals surface area contributed by atoms with Gasteiger partial charge >= 0.3 is 5.69 Å². The van der Waals surface area contributed by atoms with E-state index in [1.165, 1.54) is 23.9 Å². The summed E-state index contributed by atoms with van der Waals surface area (Å²) in [6, 6.07) is 15.1. The lowest BCUT2D eigenvalue weighted by atomic mass is 10.1. The zero-order valence-electron chi connectivity index (χ0n) is 17.1. The average Bonchev–Trinajstić information content (AvgIpc) is 3.08. The molecule has 162 valence electrons. The Balaban J connectivity index is 1.41. The molecule has 0 unspecified atom stereocenters. The second kappa shape index (κ2) is 8.12. The number of anilines is 1. The summed E-state index contributed by atoms with van der Waals surface area (Å²) in [7, 11) is 0. The van der Waals surface area contributed by atoms with Crippen LogP contribution < -0.4 is 15.3 Å². The van der Waals surface area contributed by atoms with Crippen LogP contribution in [0.1, 0.15) is 5.56 Å². The van der Waals surface area contributed by atoms with Gasteiger partial charge in [-0.05, 0) is 55.0 Å². The van der Waals surface area contributed by atoms with E-state index < -0.39 is 5.69 Å². The summed E-state index contributed by atoms with van der Waals surface area (Å²) in [5, 5.41) is 9.05. The van der Waals surface area contributed by atoms with E-state index in [4.69, 9.17) is 4.74 Å². The van der Waals surface area contributed by atoms with Gasteiger partial charge in [0.05, 0.1) is 12.2 Å². The van der Waals surface area contributed by atoms with Gasteiger partial charge in [-0.3, -0.25) is 4.79 Å². The number of hydrogen-bond donors (Lipinski definition) is 0. The zero-order valence-corrected chi connectivity index (χ0v) is 17.9. The summed E-state index contributed by atoms with van der Waals surface area (Å²) in [6.45, 7) is 2.49. The maximum absolute atomic E-state index is 13.4. The fraction of sp³-hybridized carbons (Fsp3) is 0.182. The molecule has 10 heteroatoms. The van der Waals surface area contributed by atoms with E-state index in [-0.39, 0.29) is 18.3 Å². The number of carbonyl (C=O) groups is 1. The maximum atomic E-state index is 13.4. The lowest BCUT2D eigenvalue weighted by Crippen LogP contribution is -2.41. The van der Waals surface area contributed by atoms with Gasteiger partial charge in [-0.1, -0.05) is 23.9 Å².